The number of carbonyl (C=O) groups excluding carboxylic acids is 2. The number of hydrogen-bond donors (Lipinski definition) is 0. The zero-order valence-electron chi connectivity index (χ0n) is 13.5. The summed E-state index contributed by atoms with van der Waals surface area (Å²) in [5.41, 5.74) is 0.799. The van der Waals surface area contributed by atoms with Gasteiger partial charge in [0.05, 0.1) is 23.5 Å². The summed E-state index contributed by atoms with van der Waals surface area (Å²) in [6.07, 6.45) is 0. The minimum atomic E-state index is -0.951. The Labute approximate surface area is 152 Å². The normalized spacial score (nSPS) is 21.5. The van der Waals surface area contributed by atoms with Crippen molar-refractivity contribution in [1.82, 2.24) is 0 Å². The van der Waals surface area contributed by atoms with E-state index < -0.39 is 29.7 Å². The van der Waals surface area contributed by atoms with E-state index in [4.69, 9.17) is 16.3 Å². The largest absolute Gasteiger partial charge is 0.497 e. The van der Waals surface area contributed by atoms with Gasteiger partial charge in [0.25, 0.3) is 11.8 Å². The van der Waals surface area contributed by atoms with Crippen LogP contribution in [0.1, 0.15) is 0 Å². The van der Waals surface area contributed by atoms with Crippen LogP contribution >= 0.6 is 11.6 Å². The number of ether oxygens (including phenoxy) is 1. The van der Waals surface area contributed by atoms with Gasteiger partial charge in [-0.1, -0.05) is 16.8 Å². The molecule has 1 saturated heterocycles. The Bertz CT molecular complexity index is 934. The molecule has 2 aromatic carbocycles. The predicted molar refractivity (Wildman–Crippen MR) is 91.8 cm³/mol. The molecule has 2 atom stereocenters. The second-order valence-corrected chi connectivity index (χ2v) is 6.15. The molecule has 0 bridgehead atoms. The lowest BCUT2D eigenvalue weighted by Crippen LogP contribution is -2.39. The first kappa shape index (κ1) is 16.5. The average Bonchev–Trinajstić information content (AvgIpc) is 3.18. The van der Waals surface area contributed by atoms with Crippen molar-refractivity contribution in [2.75, 3.05) is 17.0 Å². The van der Waals surface area contributed by atoms with Crippen LogP contribution in [0, 0.1) is 5.82 Å². The molecule has 7 nitrogen and oxygen atoms in total. The van der Waals surface area contributed by atoms with E-state index in [1.54, 1.807) is 24.3 Å². The maximum atomic E-state index is 13.4. The summed E-state index contributed by atoms with van der Waals surface area (Å²) in [5.74, 6) is -0.910. The van der Waals surface area contributed by atoms with Gasteiger partial charge in [0, 0.05) is 0 Å². The number of carbonyl (C=O) groups is 2. The number of fused-ring (bicyclic) bond motifs is 1. The molecule has 9 heteroatoms. The second-order valence-electron chi connectivity index (χ2n) is 5.75. The lowest BCUT2D eigenvalue weighted by molar-refractivity contribution is -0.121. The van der Waals surface area contributed by atoms with Gasteiger partial charge < -0.3 is 4.74 Å². The Kier molecular flexibility index (Phi) is 3.84. The summed E-state index contributed by atoms with van der Waals surface area (Å²) >= 11 is 5.81. The number of anilines is 2. The van der Waals surface area contributed by atoms with E-state index in [1.165, 1.54) is 30.3 Å². The smallest absolute Gasteiger partial charge is 0.263 e. The third-order valence-electron chi connectivity index (χ3n) is 4.28. The van der Waals surface area contributed by atoms with Crippen LogP contribution in [0.15, 0.2) is 52.8 Å². The van der Waals surface area contributed by atoms with Crippen LogP contribution in [0.5, 0.6) is 5.75 Å². The first-order valence-electron chi connectivity index (χ1n) is 7.68. The molecule has 2 heterocycles. The summed E-state index contributed by atoms with van der Waals surface area (Å²) in [7, 11) is 1.53. The van der Waals surface area contributed by atoms with E-state index in [-0.39, 0.29) is 5.02 Å². The molecular weight excluding hydrogens is 363 g/mol. The first-order chi connectivity index (χ1) is 12.5. The number of amides is 2. The van der Waals surface area contributed by atoms with Gasteiger partial charge in [-0.05, 0) is 42.5 Å². The topological polar surface area (TPSA) is 74.6 Å². The number of methoxy groups -OCH3 is 1. The number of halogens is 2. The van der Waals surface area contributed by atoms with Crippen molar-refractivity contribution in [2.24, 2.45) is 10.3 Å². The van der Waals surface area contributed by atoms with Crippen molar-refractivity contribution < 1.29 is 18.7 Å². The van der Waals surface area contributed by atoms with Crippen molar-refractivity contribution in [3.05, 3.63) is 53.3 Å². The van der Waals surface area contributed by atoms with Crippen LogP contribution in [0.3, 0.4) is 0 Å². The van der Waals surface area contributed by atoms with Gasteiger partial charge in [-0.25, -0.2) is 14.3 Å². The van der Waals surface area contributed by atoms with Crippen LogP contribution in [-0.2, 0) is 9.59 Å². The molecule has 2 aromatic rings. The maximum absolute atomic E-state index is 13.4. The van der Waals surface area contributed by atoms with Crippen LogP contribution in [-0.4, -0.2) is 31.0 Å². The maximum Gasteiger partial charge on any atom is 0.263 e. The SMILES string of the molecule is COc1ccc(N2C(=O)[C@@H]3N=NN(c4ccc(F)c(Cl)c4)[C@H]3C2=O)cc1. The molecule has 4 rings (SSSR count). The highest BCUT2D eigenvalue weighted by molar-refractivity contribution is 6.31. The third kappa shape index (κ3) is 2.41. The van der Waals surface area contributed by atoms with E-state index in [2.05, 4.69) is 10.3 Å². The molecule has 1 fully saturated rings. The van der Waals surface area contributed by atoms with Crippen LogP contribution in [0.4, 0.5) is 15.8 Å². The van der Waals surface area contributed by atoms with Crippen molar-refractivity contribution in [1.29, 1.82) is 0 Å². The third-order valence-corrected chi connectivity index (χ3v) is 4.57. The van der Waals surface area contributed by atoms with E-state index in [9.17, 15) is 14.0 Å². The highest BCUT2D eigenvalue weighted by Crippen LogP contribution is 2.36. The molecule has 0 radical (unpaired) electrons. The number of rotatable bonds is 3. The molecular formula is C17H12ClFN4O3. The molecule has 0 aliphatic carbocycles. The summed E-state index contributed by atoms with van der Waals surface area (Å²) in [6, 6.07) is 8.61. The monoisotopic (exact) mass is 374 g/mol. The molecule has 2 aliphatic rings. The second kappa shape index (κ2) is 6.06. The number of benzene rings is 2. The molecule has 2 amide bonds. The van der Waals surface area contributed by atoms with Crippen molar-refractivity contribution >= 4 is 34.8 Å². The van der Waals surface area contributed by atoms with E-state index in [0.717, 1.165) is 4.90 Å². The first-order valence-corrected chi connectivity index (χ1v) is 8.06. The van der Waals surface area contributed by atoms with Gasteiger partial charge in [0.15, 0.2) is 12.1 Å². The Hall–Kier alpha value is -3.00. The highest BCUT2D eigenvalue weighted by atomic mass is 35.5. The average molecular weight is 375 g/mol. The molecule has 0 saturated carbocycles. The molecule has 0 unspecified atom stereocenters. The summed E-state index contributed by atoms with van der Waals surface area (Å²) in [4.78, 5) is 26.6. The van der Waals surface area contributed by atoms with Crippen LogP contribution in [0.25, 0.3) is 0 Å². The van der Waals surface area contributed by atoms with Crippen molar-refractivity contribution in [2.45, 2.75) is 12.1 Å². The summed E-state index contributed by atoms with van der Waals surface area (Å²) in [5, 5.41) is 9.02. The lowest BCUT2D eigenvalue weighted by Gasteiger charge is -2.20. The Morgan fingerprint density at radius 2 is 1.77 bits per heavy atom. The van der Waals surface area contributed by atoms with Gasteiger partial charge in [-0.15, -0.1) is 0 Å². The van der Waals surface area contributed by atoms with Gasteiger partial charge in [0.2, 0.25) is 0 Å². The fraction of sp³-hybridized carbons (Fsp3) is 0.176. The molecule has 26 heavy (non-hydrogen) atoms. The van der Waals surface area contributed by atoms with Gasteiger partial charge in [-0.3, -0.25) is 9.59 Å². The molecule has 2 aliphatic heterocycles. The van der Waals surface area contributed by atoms with Gasteiger partial charge in [0.1, 0.15) is 11.6 Å². The van der Waals surface area contributed by atoms with Crippen LogP contribution < -0.4 is 14.6 Å². The van der Waals surface area contributed by atoms with E-state index in [1.807, 2.05) is 0 Å². The predicted octanol–water partition coefficient (Wildman–Crippen LogP) is 2.99. The minimum Gasteiger partial charge on any atom is -0.497 e. The Balaban J connectivity index is 1.67. The number of hydrogen-bond acceptors (Lipinski definition) is 6. The lowest BCUT2D eigenvalue weighted by atomic mass is 10.1. The Morgan fingerprint density at radius 3 is 2.42 bits per heavy atom. The molecule has 0 aromatic heterocycles. The minimum absolute atomic E-state index is 0.107. The molecule has 0 N–H and O–H groups in total. The zero-order valence-corrected chi connectivity index (χ0v) is 14.2. The highest BCUT2D eigenvalue weighted by Gasteiger charge is 2.55. The fourth-order valence-corrected chi connectivity index (χ4v) is 3.16. The number of nitrogens with zero attached hydrogens (tertiary/aromatic N) is 4. The molecule has 132 valence electrons. The van der Waals surface area contributed by atoms with Crippen LogP contribution in [0.2, 0.25) is 5.02 Å². The quantitative estimate of drug-likeness (QED) is 0.774. The summed E-state index contributed by atoms with van der Waals surface area (Å²) < 4.78 is 18.5. The van der Waals surface area contributed by atoms with Crippen molar-refractivity contribution in [3.63, 3.8) is 0 Å². The molecule has 0 spiro atoms. The van der Waals surface area contributed by atoms with Gasteiger partial charge in [-0.2, -0.15) is 5.11 Å². The number of imide groups is 1. The van der Waals surface area contributed by atoms with E-state index in [0.29, 0.717) is 17.1 Å². The van der Waals surface area contributed by atoms with Gasteiger partial charge >= 0.3 is 0 Å². The Morgan fingerprint density at radius 1 is 1.08 bits per heavy atom. The summed E-state index contributed by atoms with van der Waals surface area (Å²) in [6.45, 7) is 0. The van der Waals surface area contributed by atoms with Crippen molar-refractivity contribution in [3.8, 4) is 5.75 Å². The van der Waals surface area contributed by atoms with E-state index >= 15 is 0 Å². The standard InChI is InChI=1S/C17H12ClFN4O3/c1-26-11-5-2-9(3-6-11)22-16(24)14-15(17(22)25)23(21-20-14)10-4-7-13(19)12(18)8-10/h2-8,14-15H,1H3/t14-,15-/m1/s1. The zero-order chi connectivity index (χ0) is 18.4. The fourth-order valence-electron chi connectivity index (χ4n) is 2.99.